The Hall–Kier alpha value is -1.26. The van der Waals surface area contributed by atoms with Crippen LogP contribution >= 0.6 is 0 Å². The van der Waals surface area contributed by atoms with Crippen molar-refractivity contribution in [2.45, 2.75) is 31.2 Å². The third-order valence-corrected chi connectivity index (χ3v) is 4.56. The molecule has 1 aromatic rings. The van der Waals surface area contributed by atoms with E-state index in [1.807, 2.05) is 0 Å². The standard InChI is InChI=1S/C16H20FNO2/c17-14-5-3-4-13(12-14)15(19)16(6-1-2-7-16)18-8-10-20-11-9-18/h3-5,12H,1-2,6-11H2. The number of hydrogen-bond donors (Lipinski definition) is 0. The summed E-state index contributed by atoms with van der Waals surface area (Å²) in [5, 5.41) is 0. The van der Waals surface area contributed by atoms with Crippen molar-refractivity contribution >= 4 is 5.78 Å². The number of halogens is 1. The van der Waals surface area contributed by atoms with Gasteiger partial charge >= 0.3 is 0 Å². The van der Waals surface area contributed by atoms with Crippen molar-refractivity contribution in [3.8, 4) is 0 Å². The molecule has 0 radical (unpaired) electrons. The third kappa shape index (κ3) is 2.38. The van der Waals surface area contributed by atoms with Crippen LogP contribution in [-0.4, -0.2) is 42.5 Å². The van der Waals surface area contributed by atoms with Gasteiger partial charge in [0, 0.05) is 18.7 Å². The summed E-state index contributed by atoms with van der Waals surface area (Å²) in [4.78, 5) is 15.2. The number of Topliss-reactive ketones (excluding diaryl/α,β-unsaturated/α-hetero) is 1. The Bertz CT molecular complexity index is 491. The summed E-state index contributed by atoms with van der Waals surface area (Å²) >= 11 is 0. The molecule has 0 aromatic heterocycles. The maximum absolute atomic E-state index is 13.4. The molecule has 1 saturated heterocycles. The van der Waals surface area contributed by atoms with Crippen LogP contribution in [0.2, 0.25) is 0 Å². The number of morpholine rings is 1. The van der Waals surface area contributed by atoms with Gasteiger partial charge in [-0.25, -0.2) is 4.39 Å². The van der Waals surface area contributed by atoms with Crippen molar-refractivity contribution in [3.63, 3.8) is 0 Å². The Balaban J connectivity index is 1.91. The lowest BCUT2D eigenvalue weighted by molar-refractivity contribution is -0.0130. The highest BCUT2D eigenvalue weighted by atomic mass is 19.1. The minimum absolute atomic E-state index is 0.0800. The Labute approximate surface area is 118 Å². The summed E-state index contributed by atoms with van der Waals surface area (Å²) in [6, 6.07) is 6.09. The van der Waals surface area contributed by atoms with Crippen LogP contribution < -0.4 is 0 Å². The first-order chi connectivity index (χ1) is 9.72. The van der Waals surface area contributed by atoms with Crippen molar-refractivity contribution < 1.29 is 13.9 Å². The molecule has 1 aliphatic carbocycles. The van der Waals surface area contributed by atoms with E-state index in [2.05, 4.69) is 4.90 Å². The lowest BCUT2D eigenvalue weighted by Gasteiger charge is -2.42. The Morgan fingerprint density at radius 3 is 2.55 bits per heavy atom. The second kappa shape index (κ2) is 5.62. The van der Waals surface area contributed by atoms with Gasteiger partial charge in [-0.05, 0) is 25.0 Å². The highest BCUT2D eigenvalue weighted by Crippen LogP contribution is 2.38. The van der Waals surface area contributed by atoms with Crippen LogP contribution in [0, 0.1) is 5.82 Å². The van der Waals surface area contributed by atoms with Crippen LogP contribution in [0.1, 0.15) is 36.0 Å². The number of nitrogens with zero attached hydrogens (tertiary/aromatic N) is 1. The number of rotatable bonds is 3. The zero-order chi connectivity index (χ0) is 14.0. The molecule has 1 aliphatic heterocycles. The summed E-state index contributed by atoms with van der Waals surface area (Å²) in [5.41, 5.74) is 0.0655. The SMILES string of the molecule is O=C(c1cccc(F)c1)C1(N2CCOCC2)CCCC1. The van der Waals surface area contributed by atoms with E-state index in [1.165, 1.54) is 12.1 Å². The lowest BCUT2D eigenvalue weighted by Crippen LogP contribution is -2.56. The van der Waals surface area contributed by atoms with E-state index in [4.69, 9.17) is 4.74 Å². The van der Waals surface area contributed by atoms with Crippen molar-refractivity contribution in [2.24, 2.45) is 0 Å². The predicted octanol–water partition coefficient (Wildman–Crippen LogP) is 2.65. The van der Waals surface area contributed by atoms with E-state index in [1.54, 1.807) is 12.1 Å². The van der Waals surface area contributed by atoms with Crippen LogP contribution in [0.15, 0.2) is 24.3 Å². The first-order valence-corrected chi connectivity index (χ1v) is 7.35. The van der Waals surface area contributed by atoms with Crippen molar-refractivity contribution in [1.29, 1.82) is 0 Å². The molecule has 0 bridgehead atoms. The molecule has 3 nitrogen and oxygen atoms in total. The number of ether oxygens (including phenoxy) is 1. The summed E-state index contributed by atoms with van der Waals surface area (Å²) < 4.78 is 18.8. The molecule has 3 rings (SSSR count). The predicted molar refractivity (Wildman–Crippen MR) is 74.3 cm³/mol. The van der Waals surface area contributed by atoms with Gasteiger partial charge in [0.25, 0.3) is 0 Å². The maximum Gasteiger partial charge on any atom is 0.183 e. The van der Waals surface area contributed by atoms with E-state index in [-0.39, 0.29) is 11.6 Å². The first-order valence-electron chi connectivity index (χ1n) is 7.35. The summed E-state index contributed by atoms with van der Waals surface area (Å²) in [6.45, 7) is 2.94. The molecule has 1 saturated carbocycles. The van der Waals surface area contributed by atoms with E-state index in [0.717, 1.165) is 38.8 Å². The number of carbonyl (C=O) groups is 1. The fourth-order valence-electron chi connectivity index (χ4n) is 3.54. The second-order valence-corrected chi connectivity index (χ2v) is 5.68. The smallest absolute Gasteiger partial charge is 0.183 e. The number of hydrogen-bond acceptors (Lipinski definition) is 3. The van der Waals surface area contributed by atoms with E-state index in [0.29, 0.717) is 18.8 Å². The molecule has 0 unspecified atom stereocenters. The minimum atomic E-state index is -0.433. The molecule has 2 aliphatic rings. The molecule has 0 spiro atoms. The van der Waals surface area contributed by atoms with E-state index >= 15 is 0 Å². The first kappa shape index (κ1) is 13.7. The van der Waals surface area contributed by atoms with Gasteiger partial charge in [0.1, 0.15) is 5.82 Å². The molecule has 20 heavy (non-hydrogen) atoms. The fourth-order valence-corrected chi connectivity index (χ4v) is 3.54. The average Bonchev–Trinajstić information content (AvgIpc) is 2.98. The zero-order valence-corrected chi connectivity index (χ0v) is 11.6. The second-order valence-electron chi connectivity index (χ2n) is 5.68. The Kier molecular flexibility index (Phi) is 3.85. The quantitative estimate of drug-likeness (QED) is 0.796. The molecular formula is C16H20FNO2. The zero-order valence-electron chi connectivity index (χ0n) is 11.6. The van der Waals surface area contributed by atoms with Crippen LogP contribution in [0.3, 0.4) is 0 Å². The molecule has 108 valence electrons. The van der Waals surface area contributed by atoms with Gasteiger partial charge in [-0.2, -0.15) is 0 Å². The Morgan fingerprint density at radius 2 is 1.90 bits per heavy atom. The van der Waals surface area contributed by atoms with Crippen LogP contribution in [-0.2, 0) is 4.74 Å². The number of benzene rings is 1. The number of carbonyl (C=O) groups excluding carboxylic acids is 1. The summed E-state index contributed by atoms with van der Waals surface area (Å²) in [6.07, 6.45) is 3.89. The van der Waals surface area contributed by atoms with Gasteiger partial charge in [-0.3, -0.25) is 9.69 Å². The molecule has 0 amide bonds. The lowest BCUT2D eigenvalue weighted by atomic mass is 9.85. The van der Waals surface area contributed by atoms with Crippen molar-refractivity contribution in [2.75, 3.05) is 26.3 Å². The molecule has 2 fully saturated rings. The molecule has 1 heterocycles. The Morgan fingerprint density at radius 1 is 1.20 bits per heavy atom. The summed E-state index contributed by atoms with van der Waals surface area (Å²) in [5.74, 6) is -0.262. The highest BCUT2D eigenvalue weighted by molar-refractivity contribution is 6.03. The number of ketones is 1. The van der Waals surface area contributed by atoms with Gasteiger partial charge < -0.3 is 4.74 Å². The van der Waals surface area contributed by atoms with Gasteiger partial charge in [-0.15, -0.1) is 0 Å². The molecule has 0 atom stereocenters. The average molecular weight is 277 g/mol. The van der Waals surface area contributed by atoms with E-state index < -0.39 is 5.54 Å². The largest absolute Gasteiger partial charge is 0.379 e. The van der Waals surface area contributed by atoms with Gasteiger partial charge in [0.05, 0.1) is 18.8 Å². The normalized spacial score (nSPS) is 22.9. The van der Waals surface area contributed by atoms with Gasteiger partial charge in [-0.1, -0.05) is 25.0 Å². The monoisotopic (exact) mass is 277 g/mol. The van der Waals surface area contributed by atoms with Crippen LogP contribution in [0.25, 0.3) is 0 Å². The van der Waals surface area contributed by atoms with Crippen LogP contribution in [0.4, 0.5) is 4.39 Å². The van der Waals surface area contributed by atoms with Crippen molar-refractivity contribution in [1.82, 2.24) is 4.90 Å². The highest BCUT2D eigenvalue weighted by Gasteiger charge is 2.46. The molecular weight excluding hydrogens is 257 g/mol. The topological polar surface area (TPSA) is 29.5 Å². The fraction of sp³-hybridized carbons (Fsp3) is 0.562. The van der Waals surface area contributed by atoms with Crippen LogP contribution in [0.5, 0.6) is 0 Å². The summed E-state index contributed by atoms with van der Waals surface area (Å²) in [7, 11) is 0. The van der Waals surface area contributed by atoms with Gasteiger partial charge in [0.2, 0.25) is 0 Å². The van der Waals surface area contributed by atoms with E-state index in [9.17, 15) is 9.18 Å². The molecule has 0 N–H and O–H groups in total. The third-order valence-electron chi connectivity index (χ3n) is 4.56. The van der Waals surface area contributed by atoms with Gasteiger partial charge in [0.15, 0.2) is 5.78 Å². The molecule has 4 heteroatoms. The minimum Gasteiger partial charge on any atom is -0.379 e. The maximum atomic E-state index is 13.4. The van der Waals surface area contributed by atoms with Crippen molar-refractivity contribution in [3.05, 3.63) is 35.6 Å². The molecule has 1 aromatic carbocycles.